The first-order valence-corrected chi connectivity index (χ1v) is 20.4. The molecule has 1 spiro atoms. The van der Waals surface area contributed by atoms with E-state index in [0.717, 1.165) is 66.4 Å². The van der Waals surface area contributed by atoms with Crippen LogP contribution in [0.2, 0.25) is 5.02 Å². The van der Waals surface area contributed by atoms with E-state index in [1.54, 1.807) is 34.2 Å². The Bertz CT molecular complexity index is 2260. The van der Waals surface area contributed by atoms with E-state index in [2.05, 4.69) is 26.9 Å². The van der Waals surface area contributed by atoms with Crippen molar-refractivity contribution < 1.29 is 28.8 Å². The predicted octanol–water partition coefficient (Wildman–Crippen LogP) is 4.97. The highest BCUT2D eigenvalue weighted by Crippen LogP contribution is 2.46. The number of carbonyl (C=O) groups excluding carboxylic acids is 6. The number of rotatable bonds is 5. The first kappa shape index (κ1) is 37.7. The number of hydrogen-bond acceptors (Lipinski definition) is 9. The number of amides is 6. The lowest BCUT2D eigenvalue weighted by molar-refractivity contribution is -0.138. The van der Waals surface area contributed by atoms with Gasteiger partial charge in [-0.1, -0.05) is 17.7 Å². The molecule has 9 rings (SSSR count). The molecular weight excluding hydrogens is 760 g/mol. The minimum absolute atomic E-state index is 0.0138. The smallest absolute Gasteiger partial charge is 0.262 e. The van der Waals surface area contributed by atoms with Crippen LogP contribution in [0.15, 0.2) is 48.7 Å². The number of hydrogen-bond donors (Lipinski definition) is 1. The minimum atomic E-state index is -1.03. The van der Waals surface area contributed by atoms with Crippen LogP contribution in [0.4, 0.5) is 17.2 Å². The number of nitrogens with zero attached hydrogens (tertiary/aromatic N) is 7. The number of pyridine rings is 1. The van der Waals surface area contributed by atoms with Gasteiger partial charge < -0.3 is 19.6 Å². The van der Waals surface area contributed by atoms with Gasteiger partial charge in [-0.25, -0.2) is 9.83 Å². The summed E-state index contributed by atoms with van der Waals surface area (Å²) in [5.41, 5.74) is 4.25. The number of piperidine rings is 3. The molecule has 15 heteroatoms. The fraction of sp³-hybridized carbons (Fsp3) is 0.442. The first-order chi connectivity index (χ1) is 27.9. The van der Waals surface area contributed by atoms with Crippen molar-refractivity contribution in [2.45, 2.75) is 77.0 Å². The third kappa shape index (κ3) is 6.55. The number of benzene rings is 2. The van der Waals surface area contributed by atoms with E-state index in [4.69, 9.17) is 23.2 Å². The number of carbonyl (C=O) groups is 6. The molecule has 14 nitrogen and oxygen atoms in total. The molecule has 298 valence electrons. The fourth-order valence-corrected chi connectivity index (χ4v) is 10.2. The van der Waals surface area contributed by atoms with E-state index < -0.39 is 29.7 Å². The lowest BCUT2D eigenvalue weighted by Gasteiger charge is -2.40. The Balaban J connectivity index is 0.760. The highest BCUT2D eigenvalue weighted by molar-refractivity contribution is 6.33. The van der Waals surface area contributed by atoms with Crippen LogP contribution in [0.25, 0.3) is 4.85 Å². The maximum atomic E-state index is 13.7. The Morgan fingerprint density at radius 3 is 2.19 bits per heavy atom. The van der Waals surface area contributed by atoms with E-state index in [0.29, 0.717) is 61.3 Å². The highest BCUT2D eigenvalue weighted by atomic mass is 35.5. The van der Waals surface area contributed by atoms with Gasteiger partial charge in [0.05, 0.1) is 23.3 Å². The molecule has 4 fully saturated rings. The summed E-state index contributed by atoms with van der Waals surface area (Å²) in [5, 5.41) is 2.70. The summed E-state index contributed by atoms with van der Waals surface area (Å²) in [6.07, 6.45) is 6.03. The molecule has 4 saturated heterocycles. The zero-order valence-electron chi connectivity index (χ0n) is 32.2. The molecule has 0 bridgehead atoms. The molecule has 0 aliphatic carbocycles. The summed E-state index contributed by atoms with van der Waals surface area (Å²) in [5.74, 6) is -1.72. The van der Waals surface area contributed by atoms with Crippen LogP contribution < -0.4 is 15.1 Å². The van der Waals surface area contributed by atoms with Crippen molar-refractivity contribution >= 4 is 64.2 Å². The van der Waals surface area contributed by atoms with Gasteiger partial charge in [0.2, 0.25) is 23.4 Å². The summed E-state index contributed by atoms with van der Waals surface area (Å²) in [4.78, 5) is 95.3. The molecule has 1 N–H and O–H groups in total. The zero-order chi connectivity index (χ0) is 40.5. The second-order valence-corrected chi connectivity index (χ2v) is 17.1. The molecule has 7 heterocycles. The number of nitrogens with one attached hydrogen (secondary N) is 1. The van der Waals surface area contributed by atoms with Crippen molar-refractivity contribution in [2.75, 3.05) is 42.5 Å². The highest BCUT2D eigenvalue weighted by Gasteiger charge is 2.47. The number of anilines is 2. The molecule has 3 aromatic rings. The van der Waals surface area contributed by atoms with Gasteiger partial charge in [-0.15, -0.1) is 0 Å². The van der Waals surface area contributed by atoms with Gasteiger partial charge in [0.1, 0.15) is 11.9 Å². The molecule has 6 aliphatic rings. The molecular formula is C43H43ClN8O6. The van der Waals surface area contributed by atoms with Crippen molar-refractivity contribution in [2.24, 2.45) is 11.3 Å². The number of imide groups is 2. The van der Waals surface area contributed by atoms with Crippen molar-refractivity contribution in [3.05, 3.63) is 92.9 Å². The lowest BCUT2D eigenvalue weighted by Crippen LogP contribution is -2.54. The summed E-state index contributed by atoms with van der Waals surface area (Å²) < 4.78 is 0. The number of fused-ring (bicyclic) bond motifs is 2. The van der Waals surface area contributed by atoms with Crippen LogP contribution in [-0.2, 0) is 27.5 Å². The summed E-state index contributed by atoms with van der Waals surface area (Å²) in [6.45, 7) is 13.8. The lowest BCUT2D eigenvalue weighted by atomic mass is 9.77. The zero-order valence-corrected chi connectivity index (χ0v) is 33.0. The van der Waals surface area contributed by atoms with Gasteiger partial charge in [0.15, 0.2) is 0 Å². The second-order valence-electron chi connectivity index (χ2n) is 16.7. The van der Waals surface area contributed by atoms with Gasteiger partial charge in [-0.05, 0) is 98.4 Å². The van der Waals surface area contributed by atoms with E-state index in [-0.39, 0.29) is 47.1 Å². The van der Waals surface area contributed by atoms with E-state index in [1.165, 1.54) is 0 Å². The van der Waals surface area contributed by atoms with Gasteiger partial charge in [0.25, 0.3) is 17.7 Å². The van der Waals surface area contributed by atoms with Gasteiger partial charge in [-0.3, -0.25) is 39.0 Å². The van der Waals surface area contributed by atoms with E-state index in [1.807, 2.05) is 24.3 Å². The molecule has 58 heavy (non-hydrogen) atoms. The average molecular weight is 803 g/mol. The maximum absolute atomic E-state index is 13.7. The van der Waals surface area contributed by atoms with E-state index >= 15 is 0 Å². The van der Waals surface area contributed by atoms with Crippen LogP contribution in [-0.4, -0.2) is 99.9 Å². The van der Waals surface area contributed by atoms with Crippen molar-refractivity contribution in [1.29, 1.82) is 0 Å². The quantitative estimate of drug-likeness (QED) is 0.279. The molecule has 0 radical (unpaired) electrons. The third-order valence-electron chi connectivity index (χ3n) is 13.2. The predicted molar refractivity (Wildman–Crippen MR) is 213 cm³/mol. The number of halogens is 1. The van der Waals surface area contributed by atoms with Crippen LogP contribution in [0.3, 0.4) is 0 Å². The molecule has 6 amide bonds. The summed E-state index contributed by atoms with van der Waals surface area (Å²) in [7, 11) is 0. The van der Waals surface area contributed by atoms with Crippen LogP contribution >= 0.6 is 11.6 Å². The van der Waals surface area contributed by atoms with E-state index in [9.17, 15) is 28.8 Å². The number of likely N-dealkylation sites (tertiary alicyclic amines) is 1. The molecule has 1 unspecified atom stereocenters. The SMILES string of the molecule is [C-]#[N+]c1ccc(N2CC3(CCN(c4ccc(C(=O)N5CCC(C(=O)N6Cc7cc8c(cc7C6)C(=O)N(C6CCC(=O)NC6=O)C8=O)CC5)cn4)CC3)C[C@@H]2C)cc1Cl. The van der Waals surface area contributed by atoms with Gasteiger partial charge in [-0.2, -0.15) is 0 Å². The second kappa shape index (κ2) is 14.5. The van der Waals surface area contributed by atoms with Crippen molar-refractivity contribution in [3.63, 3.8) is 0 Å². The number of aromatic nitrogens is 1. The Morgan fingerprint density at radius 1 is 0.897 bits per heavy atom. The Morgan fingerprint density at radius 2 is 1.59 bits per heavy atom. The third-order valence-corrected chi connectivity index (χ3v) is 13.5. The molecule has 0 saturated carbocycles. The molecule has 2 aromatic carbocycles. The Labute approximate surface area is 340 Å². The van der Waals surface area contributed by atoms with Crippen LogP contribution in [0.1, 0.15) is 94.1 Å². The average Bonchev–Trinajstić information content (AvgIpc) is 3.87. The normalized spacial score (nSPS) is 23.0. The molecule has 6 aliphatic heterocycles. The largest absolute Gasteiger partial charge is 0.368 e. The minimum Gasteiger partial charge on any atom is -0.368 e. The first-order valence-electron chi connectivity index (χ1n) is 20.0. The van der Waals surface area contributed by atoms with Gasteiger partial charge in [0, 0.05) is 81.1 Å². The Kier molecular flexibility index (Phi) is 9.46. The summed E-state index contributed by atoms with van der Waals surface area (Å²) in [6, 6.07) is 12.1. The van der Waals surface area contributed by atoms with Crippen LogP contribution in [0.5, 0.6) is 0 Å². The summed E-state index contributed by atoms with van der Waals surface area (Å²) >= 11 is 6.37. The van der Waals surface area contributed by atoms with Gasteiger partial charge >= 0.3 is 0 Å². The van der Waals surface area contributed by atoms with Crippen LogP contribution in [0, 0.1) is 17.9 Å². The molecule has 1 aromatic heterocycles. The van der Waals surface area contributed by atoms with Crippen molar-refractivity contribution in [1.82, 2.24) is 25.0 Å². The topological polar surface area (TPSA) is 148 Å². The fourth-order valence-electron chi connectivity index (χ4n) is 10.00. The maximum Gasteiger partial charge on any atom is 0.262 e. The Hall–Kier alpha value is -5.81. The van der Waals surface area contributed by atoms with Crippen molar-refractivity contribution in [3.8, 4) is 0 Å². The molecule has 2 atom stereocenters. The monoisotopic (exact) mass is 802 g/mol. The standard InChI is InChI=1S/C43H43ClN8O6/c1-25-20-43(24-51(25)30-4-5-34(45-2)33(44)19-30)11-15-48(16-12-43)36-7-3-27(21-46-36)40(56)49-13-9-26(10-14-49)39(55)50-22-28-17-31-32(18-29(28)23-50)42(58)52(41(31)57)35-6-8-37(53)47-38(35)54/h3-5,7,17-19,21,25-26,35H,6,8-16,20,22-24H2,1H3,(H,47,53,54)/t25-,35?/m0/s1.